The monoisotopic (exact) mass is 1030 g/mol. The summed E-state index contributed by atoms with van der Waals surface area (Å²) in [6.45, 7) is 0. The minimum atomic E-state index is -1.66. The van der Waals surface area contributed by atoms with Crippen molar-refractivity contribution in [3.05, 3.63) is 208 Å². The van der Waals surface area contributed by atoms with Gasteiger partial charge in [0.25, 0.3) is 0 Å². The summed E-state index contributed by atoms with van der Waals surface area (Å²) in [6, 6.07) is 57.9. The van der Waals surface area contributed by atoms with Gasteiger partial charge in [0.15, 0.2) is 0 Å². The highest BCUT2D eigenvalue weighted by molar-refractivity contribution is 9.10. The van der Waals surface area contributed by atoms with Crippen LogP contribution in [0.25, 0.3) is 78.2 Å². The Labute approximate surface area is 418 Å². The second kappa shape index (κ2) is 19.4. The van der Waals surface area contributed by atoms with E-state index >= 15 is 0 Å². The number of para-hydroxylation sites is 4. The van der Waals surface area contributed by atoms with Crippen LogP contribution in [0.15, 0.2) is 186 Å². The van der Waals surface area contributed by atoms with Gasteiger partial charge in [0, 0.05) is 14.5 Å². The summed E-state index contributed by atoms with van der Waals surface area (Å²) in [5, 5.41) is 19.2. The maximum absolute atomic E-state index is 12.4. The molecule has 8 aromatic carbocycles. The molecule has 0 spiro atoms. The Balaban J connectivity index is 0.000000134. The van der Waals surface area contributed by atoms with Crippen LogP contribution in [0.3, 0.4) is 0 Å². The largest absolute Gasteiger partial charge is 0.489 e. The normalized spacial score (nSPS) is 11.2. The summed E-state index contributed by atoms with van der Waals surface area (Å²) in [5.41, 5.74) is 12.7. The fraction of sp³-hybridized carbons (Fsp3) is 0.0370. The highest BCUT2D eigenvalue weighted by Crippen LogP contribution is 2.35. The average Bonchev–Trinajstić information content (AvgIpc) is 4.12. The van der Waals surface area contributed by atoms with E-state index < -0.39 is 13.1 Å². The molecule has 12 nitrogen and oxygen atoms in total. The number of methoxy groups -OCH3 is 2. The summed E-state index contributed by atoms with van der Waals surface area (Å²) in [4.78, 5) is 33.3. The SMILES string of the molecule is COC(=O)c1ccccc1-c1ccc2c(c1)n1c3ccccc3nc1n2-c1cccc(Cl)c1.COC(=O)c1ccccc1B(O)O.Clc1cccc(-n2c3ccc(Br)cc3n3c4ccccc4nc23)c1. The molecule has 0 atom stereocenters. The molecule has 4 aromatic heterocycles. The Bertz CT molecular complexity index is 3980. The number of hydrogen-bond donors (Lipinski definition) is 2. The first-order valence-electron chi connectivity index (χ1n) is 21.8. The van der Waals surface area contributed by atoms with E-state index in [9.17, 15) is 9.59 Å². The number of carbonyl (C=O) groups is 2. The van der Waals surface area contributed by atoms with Crippen LogP contribution in [0.2, 0.25) is 10.0 Å². The first kappa shape index (κ1) is 46.0. The van der Waals surface area contributed by atoms with Gasteiger partial charge in [-0.25, -0.2) is 19.6 Å². The van der Waals surface area contributed by atoms with Crippen LogP contribution in [-0.2, 0) is 9.47 Å². The van der Waals surface area contributed by atoms with Crippen molar-refractivity contribution in [2.75, 3.05) is 14.2 Å². The highest BCUT2D eigenvalue weighted by atomic mass is 79.9. The van der Waals surface area contributed by atoms with Crippen LogP contribution in [0.4, 0.5) is 0 Å². The van der Waals surface area contributed by atoms with Crippen LogP contribution >= 0.6 is 39.1 Å². The maximum Gasteiger partial charge on any atom is 0.489 e. The second-order valence-electron chi connectivity index (χ2n) is 15.9. The standard InChI is InChI=1S/C27H18ClN3O2.C19H11BrClN3.C8H9BO4/c1-33-26(32)21-10-3-2-9-20(21)17-13-14-24-25(15-17)31-23-12-5-4-11-22(23)29-27(31)30(24)19-8-6-7-18(28)16-19;20-12-8-9-17-18(10-12)24-16-7-2-1-6-15(16)22-19(24)23(17)14-5-3-4-13(21)11-14;1-13-8(10)6-4-2-3-5-7(6)9(11)12/h2-16H,1H3;1-11H;2-5,11-12H,1H3. The summed E-state index contributed by atoms with van der Waals surface area (Å²) in [6.07, 6.45) is 0. The molecule has 0 bridgehead atoms. The number of fused-ring (bicyclic) bond motifs is 10. The van der Waals surface area contributed by atoms with Crippen molar-refractivity contribution >= 4 is 119 Å². The predicted octanol–water partition coefficient (Wildman–Crippen LogP) is 11.5. The van der Waals surface area contributed by atoms with Gasteiger partial charge in [-0.15, -0.1) is 0 Å². The van der Waals surface area contributed by atoms with Crippen LogP contribution < -0.4 is 5.46 Å². The zero-order valence-corrected chi connectivity index (χ0v) is 40.3. The zero-order valence-electron chi connectivity index (χ0n) is 37.2. The first-order chi connectivity index (χ1) is 34.0. The molecule has 16 heteroatoms. The Kier molecular flexibility index (Phi) is 12.7. The van der Waals surface area contributed by atoms with Gasteiger partial charge in [-0.3, -0.25) is 17.9 Å². The summed E-state index contributed by atoms with van der Waals surface area (Å²) in [7, 11) is 0.979. The lowest BCUT2D eigenvalue weighted by Crippen LogP contribution is -2.34. The summed E-state index contributed by atoms with van der Waals surface area (Å²) >= 11 is 16.1. The number of imidazole rings is 4. The minimum Gasteiger partial charge on any atom is -0.465 e. The lowest BCUT2D eigenvalue weighted by Gasteiger charge is -2.09. The smallest absolute Gasteiger partial charge is 0.465 e. The molecule has 0 aliphatic rings. The van der Waals surface area contributed by atoms with Crippen molar-refractivity contribution in [1.82, 2.24) is 27.9 Å². The molecule has 2 N–H and O–H groups in total. The molecular formula is C54H38BBrCl2N6O6. The van der Waals surface area contributed by atoms with Crippen molar-refractivity contribution in [2.45, 2.75) is 0 Å². The van der Waals surface area contributed by atoms with Crippen LogP contribution in [0.1, 0.15) is 20.7 Å². The number of hydrogen-bond acceptors (Lipinski definition) is 8. The van der Waals surface area contributed by atoms with Gasteiger partial charge in [-0.05, 0) is 120 Å². The molecule has 0 aliphatic carbocycles. The Morgan fingerprint density at radius 1 is 0.514 bits per heavy atom. The third-order valence-electron chi connectivity index (χ3n) is 11.8. The first-order valence-corrected chi connectivity index (χ1v) is 23.3. The third kappa shape index (κ3) is 8.46. The van der Waals surface area contributed by atoms with Crippen LogP contribution in [0, 0.1) is 0 Å². The van der Waals surface area contributed by atoms with E-state index in [4.69, 9.17) is 48.0 Å². The number of rotatable bonds is 6. The topological polar surface area (TPSA) is 138 Å². The molecule has 0 unspecified atom stereocenters. The zero-order chi connectivity index (χ0) is 48.6. The summed E-state index contributed by atoms with van der Waals surface area (Å²) < 4.78 is 19.1. The van der Waals surface area contributed by atoms with E-state index in [0.29, 0.717) is 15.6 Å². The summed E-state index contributed by atoms with van der Waals surface area (Å²) in [5.74, 6) is 0.738. The molecule has 0 fully saturated rings. The molecule has 12 aromatic rings. The van der Waals surface area contributed by atoms with Gasteiger partial charge in [-0.2, -0.15) is 0 Å². The lowest BCUT2D eigenvalue weighted by molar-refractivity contribution is 0.0593. The van der Waals surface area contributed by atoms with E-state index in [2.05, 4.69) is 75.0 Å². The van der Waals surface area contributed by atoms with Gasteiger partial charge in [0.1, 0.15) is 0 Å². The Hall–Kier alpha value is -7.72. The molecule has 0 aliphatic heterocycles. The van der Waals surface area contributed by atoms with Crippen molar-refractivity contribution in [2.24, 2.45) is 0 Å². The average molecular weight is 1030 g/mol. The van der Waals surface area contributed by atoms with Gasteiger partial charge in [-0.1, -0.05) is 118 Å². The fourth-order valence-electron chi connectivity index (χ4n) is 8.72. The number of nitrogens with zero attached hydrogens (tertiary/aromatic N) is 6. The predicted molar refractivity (Wildman–Crippen MR) is 281 cm³/mol. The number of halogens is 3. The number of carbonyl (C=O) groups excluding carboxylic acids is 2. The molecule has 4 heterocycles. The van der Waals surface area contributed by atoms with Crippen LogP contribution in [-0.4, -0.2) is 71.2 Å². The number of aromatic nitrogens is 6. The quantitative estimate of drug-likeness (QED) is 0.124. The van der Waals surface area contributed by atoms with Crippen molar-refractivity contribution in [3.63, 3.8) is 0 Å². The van der Waals surface area contributed by atoms with Gasteiger partial charge in [0.2, 0.25) is 11.6 Å². The van der Waals surface area contributed by atoms with Crippen molar-refractivity contribution < 1.29 is 29.1 Å². The number of benzene rings is 8. The Morgan fingerprint density at radius 3 is 1.56 bits per heavy atom. The molecule has 0 saturated heterocycles. The highest BCUT2D eigenvalue weighted by Gasteiger charge is 2.22. The van der Waals surface area contributed by atoms with Crippen LogP contribution in [0.5, 0.6) is 0 Å². The second-order valence-corrected chi connectivity index (χ2v) is 17.7. The molecule has 0 radical (unpaired) electrons. The van der Waals surface area contributed by atoms with Gasteiger partial charge >= 0.3 is 19.1 Å². The van der Waals surface area contributed by atoms with Crippen molar-refractivity contribution in [3.8, 4) is 22.5 Å². The molecule has 344 valence electrons. The van der Waals surface area contributed by atoms with E-state index in [0.717, 1.165) is 82.7 Å². The Morgan fingerprint density at radius 2 is 1.00 bits per heavy atom. The number of esters is 2. The molecule has 70 heavy (non-hydrogen) atoms. The van der Waals surface area contributed by atoms with Gasteiger partial charge in [0.05, 0.1) is 80.9 Å². The third-order valence-corrected chi connectivity index (χ3v) is 12.7. The van der Waals surface area contributed by atoms with E-state index in [-0.39, 0.29) is 17.0 Å². The van der Waals surface area contributed by atoms with E-state index in [1.165, 1.54) is 26.4 Å². The van der Waals surface area contributed by atoms with E-state index in [1.54, 1.807) is 18.2 Å². The maximum atomic E-state index is 12.4. The molecule has 0 amide bonds. The lowest BCUT2D eigenvalue weighted by atomic mass is 9.77. The fourth-order valence-corrected chi connectivity index (χ4v) is 9.44. The number of ether oxygens (including phenoxy) is 2. The molecule has 0 saturated carbocycles. The van der Waals surface area contributed by atoms with E-state index in [1.807, 2.05) is 115 Å². The van der Waals surface area contributed by atoms with Crippen molar-refractivity contribution in [1.29, 1.82) is 0 Å². The minimum absolute atomic E-state index is 0.148. The molecule has 12 rings (SSSR count). The molecular weight excluding hydrogens is 990 g/mol. The van der Waals surface area contributed by atoms with Gasteiger partial charge < -0.3 is 19.5 Å².